The minimum atomic E-state index is -0.239. The van der Waals surface area contributed by atoms with Crippen LogP contribution < -0.4 is 10.6 Å². The molecule has 2 N–H and O–H groups in total. The second-order valence-electron chi connectivity index (χ2n) is 5.57. The third-order valence-electron chi connectivity index (χ3n) is 3.87. The normalized spacial score (nSPS) is 17.7. The standard InChI is InChI=1S/C16H23FN2O/c1-12(16(20)19-15-5-3-2-4-6-15)18-11-13-7-9-14(17)10-8-13/h7-10,12,15,18H,2-6,11H2,1H3,(H,19,20)/t12-/m0/s1. The number of carbonyl (C=O) groups is 1. The number of halogens is 1. The molecule has 0 heterocycles. The van der Waals surface area contributed by atoms with Crippen molar-refractivity contribution in [1.82, 2.24) is 10.6 Å². The summed E-state index contributed by atoms with van der Waals surface area (Å²) in [5.74, 6) is -0.184. The zero-order chi connectivity index (χ0) is 14.4. The fourth-order valence-corrected chi connectivity index (χ4v) is 2.54. The Labute approximate surface area is 120 Å². The Hall–Kier alpha value is -1.42. The van der Waals surface area contributed by atoms with Gasteiger partial charge in [-0.15, -0.1) is 0 Å². The van der Waals surface area contributed by atoms with E-state index in [-0.39, 0.29) is 17.8 Å². The molecular weight excluding hydrogens is 255 g/mol. The zero-order valence-corrected chi connectivity index (χ0v) is 12.0. The summed E-state index contributed by atoms with van der Waals surface area (Å²) in [5, 5.41) is 6.28. The van der Waals surface area contributed by atoms with Gasteiger partial charge in [0, 0.05) is 12.6 Å². The number of carbonyl (C=O) groups excluding carboxylic acids is 1. The molecule has 4 heteroatoms. The minimum absolute atomic E-state index is 0.0546. The second kappa shape index (κ2) is 7.39. The van der Waals surface area contributed by atoms with Gasteiger partial charge in [0.15, 0.2) is 0 Å². The van der Waals surface area contributed by atoms with E-state index in [0.29, 0.717) is 12.6 Å². The maximum absolute atomic E-state index is 12.8. The van der Waals surface area contributed by atoms with E-state index < -0.39 is 0 Å². The van der Waals surface area contributed by atoms with E-state index in [0.717, 1.165) is 18.4 Å². The van der Waals surface area contributed by atoms with Crippen LogP contribution in [0.15, 0.2) is 24.3 Å². The van der Waals surface area contributed by atoms with Crippen LogP contribution in [0.4, 0.5) is 4.39 Å². The van der Waals surface area contributed by atoms with Crippen LogP contribution in [0.3, 0.4) is 0 Å². The van der Waals surface area contributed by atoms with Crippen molar-refractivity contribution in [3.63, 3.8) is 0 Å². The Morgan fingerprint density at radius 1 is 1.25 bits per heavy atom. The van der Waals surface area contributed by atoms with Gasteiger partial charge in [-0.05, 0) is 37.5 Å². The Morgan fingerprint density at radius 3 is 2.55 bits per heavy atom. The molecule has 1 aliphatic carbocycles. The van der Waals surface area contributed by atoms with Crippen LogP contribution in [0.1, 0.15) is 44.6 Å². The first kappa shape index (κ1) is 15.0. The number of benzene rings is 1. The molecule has 0 spiro atoms. The lowest BCUT2D eigenvalue weighted by molar-refractivity contribution is -0.123. The average Bonchev–Trinajstić information content (AvgIpc) is 2.47. The maximum atomic E-state index is 12.8. The minimum Gasteiger partial charge on any atom is -0.352 e. The molecule has 0 saturated heterocycles. The lowest BCUT2D eigenvalue weighted by Crippen LogP contribution is -2.46. The van der Waals surface area contributed by atoms with Crippen LogP contribution >= 0.6 is 0 Å². The smallest absolute Gasteiger partial charge is 0.237 e. The largest absolute Gasteiger partial charge is 0.352 e. The molecule has 1 aromatic carbocycles. The predicted octanol–water partition coefficient (Wildman–Crippen LogP) is 2.75. The van der Waals surface area contributed by atoms with Crippen LogP contribution in [0.2, 0.25) is 0 Å². The van der Waals surface area contributed by atoms with Crippen molar-refractivity contribution in [2.24, 2.45) is 0 Å². The van der Waals surface area contributed by atoms with Gasteiger partial charge >= 0.3 is 0 Å². The number of rotatable bonds is 5. The van der Waals surface area contributed by atoms with Crippen molar-refractivity contribution in [2.75, 3.05) is 0 Å². The number of hydrogen-bond donors (Lipinski definition) is 2. The summed E-state index contributed by atoms with van der Waals surface area (Å²) in [7, 11) is 0. The first-order chi connectivity index (χ1) is 9.65. The van der Waals surface area contributed by atoms with Crippen LogP contribution in [0.25, 0.3) is 0 Å². The summed E-state index contributed by atoms with van der Waals surface area (Å²) in [4.78, 5) is 12.1. The molecular formula is C16H23FN2O. The van der Waals surface area contributed by atoms with Gasteiger partial charge in [0.05, 0.1) is 6.04 Å². The molecule has 20 heavy (non-hydrogen) atoms. The third-order valence-corrected chi connectivity index (χ3v) is 3.87. The summed E-state index contributed by atoms with van der Waals surface area (Å²) in [6.45, 7) is 2.43. The molecule has 1 aliphatic rings. The van der Waals surface area contributed by atoms with E-state index >= 15 is 0 Å². The fraction of sp³-hybridized carbons (Fsp3) is 0.562. The summed E-state index contributed by atoms with van der Waals surface area (Å²) in [6.07, 6.45) is 5.89. The first-order valence-corrected chi connectivity index (χ1v) is 7.43. The van der Waals surface area contributed by atoms with Gasteiger partial charge < -0.3 is 10.6 Å². The molecule has 1 amide bonds. The van der Waals surface area contributed by atoms with Crippen LogP contribution in [-0.4, -0.2) is 18.0 Å². The van der Waals surface area contributed by atoms with Crippen molar-refractivity contribution >= 4 is 5.91 Å². The van der Waals surface area contributed by atoms with Crippen molar-refractivity contribution in [1.29, 1.82) is 0 Å². The Kier molecular flexibility index (Phi) is 5.53. The summed E-state index contributed by atoms with van der Waals surface area (Å²) < 4.78 is 12.8. The van der Waals surface area contributed by atoms with Crippen LogP contribution in [-0.2, 0) is 11.3 Å². The van der Waals surface area contributed by atoms with Crippen molar-refractivity contribution in [3.8, 4) is 0 Å². The molecule has 1 aromatic rings. The lowest BCUT2D eigenvalue weighted by atomic mass is 9.95. The van der Waals surface area contributed by atoms with E-state index in [1.165, 1.54) is 31.4 Å². The van der Waals surface area contributed by atoms with Gasteiger partial charge in [0.1, 0.15) is 5.82 Å². The fourth-order valence-electron chi connectivity index (χ4n) is 2.54. The molecule has 1 fully saturated rings. The maximum Gasteiger partial charge on any atom is 0.237 e. The number of amides is 1. The van der Waals surface area contributed by atoms with Crippen LogP contribution in [0.5, 0.6) is 0 Å². The average molecular weight is 278 g/mol. The zero-order valence-electron chi connectivity index (χ0n) is 12.0. The van der Waals surface area contributed by atoms with Crippen molar-refractivity contribution < 1.29 is 9.18 Å². The molecule has 0 unspecified atom stereocenters. The molecule has 0 bridgehead atoms. The molecule has 1 saturated carbocycles. The molecule has 0 aliphatic heterocycles. The Bertz CT molecular complexity index is 427. The van der Waals surface area contributed by atoms with E-state index in [1.807, 2.05) is 6.92 Å². The van der Waals surface area contributed by atoms with Crippen molar-refractivity contribution in [3.05, 3.63) is 35.6 Å². The van der Waals surface area contributed by atoms with Crippen LogP contribution in [0, 0.1) is 5.82 Å². The van der Waals surface area contributed by atoms with E-state index in [9.17, 15) is 9.18 Å². The molecule has 1 atom stereocenters. The monoisotopic (exact) mass is 278 g/mol. The SMILES string of the molecule is C[C@H](NCc1ccc(F)cc1)C(=O)NC1CCCCC1. The van der Waals surface area contributed by atoms with Gasteiger partial charge in [-0.25, -0.2) is 4.39 Å². The van der Waals surface area contributed by atoms with E-state index in [1.54, 1.807) is 12.1 Å². The molecule has 3 nitrogen and oxygen atoms in total. The van der Waals surface area contributed by atoms with E-state index in [2.05, 4.69) is 10.6 Å². The predicted molar refractivity (Wildman–Crippen MR) is 77.7 cm³/mol. The number of nitrogens with one attached hydrogen (secondary N) is 2. The quantitative estimate of drug-likeness (QED) is 0.869. The Balaban J connectivity index is 1.74. The highest BCUT2D eigenvalue weighted by atomic mass is 19.1. The van der Waals surface area contributed by atoms with Gasteiger partial charge in [0.2, 0.25) is 5.91 Å². The second-order valence-corrected chi connectivity index (χ2v) is 5.57. The first-order valence-electron chi connectivity index (χ1n) is 7.43. The van der Waals surface area contributed by atoms with Gasteiger partial charge in [-0.2, -0.15) is 0 Å². The van der Waals surface area contributed by atoms with Crippen molar-refractivity contribution in [2.45, 2.75) is 57.7 Å². The molecule has 0 aromatic heterocycles. The highest BCUT2D eigenvalue weighted by molar-refractivity contribution is 5.81. The van der Waals surface area contributed by atoms with Gasteiger partial charge in [0.25, 0.3) is 0 Å². The highest BCUT2D eigenvalue weighted by Crippen LogP contribution is 2.17. The highest BCUT2D eigenvalue weighted by Gasteiger charge is 2.19. The van der Waals surface area contributed by atoms with Gasteiger partial charge in [-0.1, -0.05) is 31.4 Å². The Morgan fingerprint density at radius 2 is 1.90 bits per heavy atom. The summed E-state index contributed by atoms with van der Waals surface area (Å²) >= 11 is 0. The van der Waals surface area contributed by atoms with Gasteiger partial charge in [-0.3, -0.25) is 4.79 Å². The molecule has 2 rings (SSSR count). The topological polar surface area (TPSA) is 41.1 Å². The lowest BCUT2D eigenvalue weighted by Gasteiger charge is -2.24. The third kappa shape index (κ3) is 4.60. The van der Waals surface area contributed by atoms with E-state index in [4.69, 9.17) is 0 Å². The summed E-state index contributed by atoms with van der Waals surface area (Å²) in [5.41, 5.74) is 0.976. The number of hydrogen-bond acceptors (Lipinski definition) is 2. The molecule has 110 valence electrons. The molecule has 0 radical (unpaired) electrons. The summed E-state index contributed by atoms with van der Waals surface area (Å²) in [6, 6.07) is 6.43.